The lowest BCUT2D eigenvalue weighted by atomic mass is 10.2. The van der Waals surface area contributed by atoms with Gasteiger partial charge in [-0.2, -0.15) is 5.26 Å². The molecular weight excluding hydrogens is 259 g/mol. The van der Waals surface area contributed by atoms with Crippen molar-refractivity contribution in [2.24, 2.45) is 0 Å². The fourth-order valence-electron chi connectivity index (χ4n) is 1.64. The van der Waals surface area contributed by atoms with Crippen LogP contribution in [0.3, 0.4) is 0 Å². The van der Waals surface area contributed by atoms with Gasteiger partial charge < -0.3 is 16.4 Å². The Morgan fingerprint density at radius 3 is 2.60 bits per heavy atom. The first-order valence-corrected chi connectivity index (χ1v) is 5.71. The Bertz CT molecular complexity index is 674. The van der Waals surface area contributed by atoms with E-state index in [9.17, 15) is 9.18 Å². The van der Waals surface area contributed by atoms with E-state index < -0.39 is 11.8 Å². The standard InChI is InChI=1S/C14H11FN4O/c15-10-5-11(17)7-13(6-10)19-14(20)18-12-3-1-2-9(4-12)8-16/h1-7H,17H2,(H2,18,19,20). The van der Waals surface area contributed by atoms with E-state index in [4.69, 9.17) is 11.0 Å². The van der Waals surface area contributed by atoms with Crippen LogP contribution in [0.15, 0.2) is 42.5 Å². The minimum absolute atomic E-state index is 0.215. The molecule has 2 amide bonds. The zero-order valence-electron chi connectivity index (χ0n) is 10.4. The highest BCUT2D eigenvalue weighted by Crippen LogP contribution is 2.16. The van der Waals surface area contributed by atoms with Gasteiger partial charge in [-0.15, -0.1) is 0 Å². The quantitative estimate of drug-likeness (QED) is 0.733. The van der Waals surface area contributed by atoms with Crippen molar-refractivity contribution in [2.75, 3.05) is 16.4 Å². The molecule has 0 bridgehead atoms. The number of nitrogens with two attached hydrogens (primary N) is 1. The van der Waals surface area contributed by atoms with Crippen LogP contribution in [-0.2, 0) is 0 Å². The summed E-state index contributed by atoms with van der Waals surface area (Å²) in [4.78, 5) is 11.7. The van der Waals surface area contributed by atoms with Crippen LogP contribution in [0, 0.1) is 17.1 Å². The van der Waals surface area contributed by atoms with Crippen molar-refractivity contribution in [2.45, 2.75) is 0 Å². The van der Waals surface area contributed by atoms with Gasteiger partial charge in [0.1, 0.15) is 5.82 Å². The molecular formula is C14H11FN4O. The van der Waals surface area contributed by atoms with Crippen LogP contribution in [0.5, 0.6) is 0 Å². The van der Waals surface area contributed by atoms with Crippen molar-refractivity contribution in [3.8, 4) is 6.07 Å². The number of amides is 2. The molecule has 0 unspecified atom stereocenters. The molecule has 0 radical (unpaired) electrons. The number of anilines is 3. The summed E-state index contributed by atoms with van der Waals surface area (Å²) in [5, 5.41) is 13.8. The largest absolute Gasteiger partial charge is 0.399 e. The molecule has 6 heteroatoms. The van der Waals surface area contributed by atoms with E-state index in [1.54, 1.807) is 18.2 Å². The minimum atomic E-state index is -0.551. The first-order valence-electron chi connectivity index (χ1n) is 5.71. The SMILES string of the molecule is N#Cc1cccc(NC(=O)Nc2cc(N)cc(F)c2)c1. The molecule has 0 heterocycles. The molecule has 4 N–H and O–H groups in total. The highest BCUT2D eigenvalue weighted by atomic mass is 19.1. The molecule has 2 rings (SSSR count). The number of rotatable bonds is 2. The van der Waals surface area contributed by atoms with Gasteiger partial charge in [0.25, 0.3) is 0 Å². The molecule has 0 saturated heterocycles. The molecule has 0 aromatic heterocycles. The lowest BCUT2D eigenvalue weighted by molar-refractivity contribution is 0.262. The normalized spacial score (nSPS) is 9.60. The third kappa shape index (κ3) is 3.46. The van der Waals surface area contributed by atoms with Gasteiger partial charge in [-0.05, 0) is 36.4 Å². The van der Waals surface area contributed by atoms with Crippen LogP contribution < -0.4 is 16.4 Å². The van der Waals surface area contributed by atoms with Crippen molar-refractivity contribution < 1.29 is 9.18 Å². The van der Waals surface area contributed by atoms with Crippen LogP contribution in [0.25, 0.3) is 0 Å². The van der Waals surface area contributed by atoms with E-state index in [1.165, 1.54) is 12.1 Å². The fourth-order valence-corrected chi connectivity index (χ4v) is 1.64. The minimum Gasteiger partial charge on any atom is -0.399 e. The van der Waals surface area contributed by atoms with E-state index in [1.807, 2.05) is 6.07 Å². The second-order valence-corrected chi connectivity index (χ2v) is 4.04. The van der Waals surface area contributed by atoms with Crippen molar-refractivity contribution in [3.63, 3.8) is 0 Å². The fraction of sp³-hybridized carbons (Fsp3) is 0. The molecule has 0 aliphatic carbocycles. The van der Waals surface area contributed by atoms with Gasteiger partial charge in [0.2, 0.25) is 0 Å². The molecule has 0 fully saturated rings. The molecule has 0 aliphatic rings. The predicted molar refractivity (Wildman–Crippen MR) is 74.6 cm³/mol. The molecule has 100 valence electrons. The first kappa shape index (κ1) is 13.4. The number of hydrogen-bond donors (Lipinski definition) is 3. The number of nitrogens with zero attached hydrogens (tertiary/aromatic N) is 1. The number of benzene rings is 2. The maximum atomic E-state index is 13.1. The summed E-state index contributed by atoms with van der Waals surface area (Å²) in [6.45, 7) is 0. The maximum absolute atomic E-state index is 13.1. The Kier molecular flexibility index (Phi) is 3.82. The Balaban J connectivity index is 2.07. The smallest absolute Gasteiger partial charge is 0.323 e. The average molecular weight is 270 g/mol. The average Bonchev–Trinajstić information content (AvgIpc) is 2.37. The second-order valence-electron chi connectivity index (χ2n) is 4.04. The van der Waals surface area contributed by atoms with Crippen LogP contribution in [-0.4, -0.2) is 6.03 Å². The summed E-state index contributed by atoms with van der Waals surface area (Å²) in [5.41, 5.74) is 6.83. The molecule has 2 aromatic rings. The third-order valence-corrected chi connectivity index (χ3v) is 2.43. The van der Waals surface area contributed by atoms with Gasteiger partial charge in [0, 0.05) is 17.1 Å². The van der Waals surface area contributed by atoms with Crippen molar-refractivity contribution in [1.82, 2.24) is 0 Å². The van der Waals surface area contributed by atoms with Crippen molar-refractivity contribution in [3.05, 3.63) is 53.8 Å². The molecule has 5 nitrogen and oxygen atoms in total. The number of carbonyl (C=O) groups excluding carboxylic acids is 1. The number of halogens is 1. The highest BCUT2D eigenvalue weighted by Gasteiger charge is 2.05. The van der Waals surface area contributed by atoms with E-state index in [0.29, 0.717) is 11.3 Å². The monoisotopic (exact) mass is 270 g/mol. The van der Waals surface area contributed by atoms with Crippen molar-refractivity contribution in [1.29, 1.82) is 5.26 Å². The van der Waals surface area contributed by atoms with E-state index in [2.05, 4.69) is 10.6 Å². The number of hydrogen-bond acceptors (Lipinski definition) is 3. The van der Waals surface area contributed by atoms with Gasteiger partial charge in [0.05, 0.1) is 11.6 Å². The van der Waals surface area contributed by atoms with Crippen LogP contribution in [0.2, 0.25) is 0 Å². The topological polar surface area (TPSA) is 90.9 Å². The molecule has 20 heavy (non-hydrogen) atoms. The molecule has 0 saturated carbocycles. The van der Waals surface area contributed by atoms with E-state index in [0.717, 1.165) is 12.1 Å². The second kappa shape index (κ2) is 5.71. The van der Waals surface area contributed by atoms with E-state index in [-0.39, 0.29) is 11.4 Å². The van der Waals surface area contributed by atoms with Gasteiger partial charge in [-0.1, -0.05) is 6.07 Å². The van der Waals surface area contributed by atoms with Crippen LogP contribution in [0.1, 0.15) is 5.56 Å². The number of nitrogens with one attached hydrogen (secondary N) is 2. The van der Waals surface area contributed by atoms with Gasteiger partial charge >= 0.3 is 6.03 Å². The van der Waals surface area contributed by atoms with Gasteiger partial charge in [0.15, 0.2) is 0 Å². The number of carbonyl (C=O) groups is 1. The van der Waals surface area contributed by atoms with Crippen molar-refractivity contribution >= 4 is 23.1 Å². The maximum Gasteiger partial charge on any atom is 0.323 e. The zero-order valence-corrected chi connectivity index (χ0v) is 10.4. The summed E-state index contributed by atoms with van der Waals surface area (Å²) >= 11 is 0. The van der Waals surface area contributed by atoms with E-state index >= 15 is 0 Å². The molecule has 0 aliphatic heterocycles. The highest BCUT2D eigenvalue weighted by molar-refractivity contribution is 6.00. The third-order valence-electron chi connectivity index (χ3n) is 2.43. The Morgan fingerprint density at radius 1 is 1.15 bits per heavy atom. The summed E-state index contributed by atoms with van der Waals surface area (Å²) < 4.78 is 13.1. The number of urea groups is 1. The number of nitrogen functional groups attached to an aromatic ring is 1. The van der Waals surface area contributed by atoms with Crippen LogP contribution >= 0.6 is 0 Å². The Morgan fingerprint density at radius 2 is 1.90 bits per heavy atom. The zero-order chi connectivity index (χ0) is 14.5. The lowest BCUT2D eigenvalue weighted by Gasteiger charge is -2.08. The molecule has 2 aromatic carbocycles. The predicted octanol–water partition coefficient (Wildman–Crippen LogP) is 2.92. The Hall–Kier alpha value is -3.07. The van der Waals surface area contributed by atoms with Gasteiger partial charge in [-0.3, -0.25) is 0 Å². The van der Waals surface area contributed by atoms with Gasteiger partial charge in [-0.25, -0.2) is 9.18 Å². The summed E-state index contributed by atoms with van der Waals surface area (Å²) in [6.07, 6.45) is 0. The lowest BCUT2D eigenvalue weighted by Crippen LogP contribution is -2.19. The van der Waals surface area contributed by atoms with Crippen LogP contribution in [0.4, 0.5) is 26.2 Å². The summed E-state index contributed by atoms with van der Waals surface area (Å²) in [6, 6.07) is 11.6. The summed E-state index contributed by atoms with van der Waals surface area (Å²) in [5.74, 6) is -0.535. The first-order chi connectivity index (χ1) is 9.56. The molecule has 0 atom stereocenters. The molecule has 0 spiro atoms. The Labute approximate surface area is 114 Å². The summed E-state index contributed by atoms with van der Waals surface area (Å²) in [7, 11) is 0. The number of nitriles is 1.